The van der Waals surface area contributed by atoms with Gasteiger partial charge in [-0.2, -0.15) is 10.2 Å². The number of hydrogen-bond acceptors (Lipinski definition) is 7. The maximum atomic E-state index is 11.3. The summed E-state index contributed by atoms with van der Waals surface area (Å²) in [4.78, 5) is 21.5. The van der Waals surface area contributed by atoms with Gasteiger partial charge in [-0.25, -0.2) is 4.79 Å². The lowest BCUT2D eigenvalue weighted by Gasteiger charge is -2.15. The van der Waals surface area contributed by atoms with Crippen molar-refractivity contribution in [2.45, 2.75) is 26.3 Å². The summed E-state index contributed by atoms with van der Waals surface area (Å²) in [5, 5.41) is 22.1. The summed E-state index contributed by atoms with van der Waals surface area (Å²) in [5.74, 6) is -0.380. The van der Waals surface area contributed by atoms with Crippen LogP contribution in [0, 0.1) is 10.1 Å². The molecule has 2 aromatic carbocycles. The summed E-state index contributed by atoms with van der Waals surface area (Å²) < 4.78 is 5.08. The Morgan fingerprint density at radius 3 is 2.18 bits per heavy atom. The third kappa shape index (κ3) is 6.64. The van der Waals surface area contributed by atoms with Crippen LogP contribution in [0.5, 0.6) is 0 Å². The summed E-state index contributed by atoms with van der Waals surface area (Å²) in [5.41, 5.74) is 2.50. The van der Waals surface area contributed by atoms with E-state index >= 15 is 0 Å². The molecule has 0 amide bonds. The Hall–Kier alpha value is -3.55. The van der Waals surface area contributed by atoms with Gasteiger partial charge in [-0.05, 0) is 50.2 Å². The molecule has 1 unspecified atom stereocenters. The van der Waals surface area contributed by atoms with Crippen LogP contribution >= 0.6 is 0 Å². The Bertz CT molecular complexity index is 861. The molecular weight excluding hydrogens is 360 g/mol. The normalized spacial score (nSPS) is 11.8. The zero-order valence-corrected chi connectivity index (χ0v) is 15.8. The number of esters is 1. The first-order valence-corrected chi connectivity index (χ1v) is 8.70. The fraction of sp³-hybridized carbons (Fsp3) is 0.250. The van der Waals surface area contributed by atoms with Gasteiger partial charge in [0, 0.05) is 35.9 Å². The Labute approximate surface area is 163 Å². The first kappa shape index (κ1) is 20.8. The number of ether oxygens (including phenoxy) is 1. The average molecular weight is 382 g/mol. The summed E-state index contributed by atoms with van der Waals surface area (Å²) in [6, 6.07) is 13.3. The fourth-order valence-corrected chi connectivity index (χ4v) is 2.19. The number of carbonyl (C=O) groups is 1. The van der Waals surface area contributed by atoms with Gasteiger partial charge in [0.2, 0.25) is 0 Å². The quantitative estimate of drug-likeness (QED) is 0.208. The molecule has 28 heavy (non-hydrogen) atoms. The van der Waals surface area contributed by atoms with E-state index in [1.807, 2.05) is 31.2 Å². The first-order valence-electron chi connectivity index (χ1n) is 8.70. The van der Waals surface area contributed by atoms with Crippen molar-refractivity contribution in [3.63, 3.8) is 0 Å². The largest absolute Gasteiger partial charge is 0.462 e. The van der Waals surface area contributed by atoms with Crippen LogP contribution in [-0.2, 0) is 9.53 Å². The highest BCUT2D eigenvalue weighted by Gasteiger charge is 2.06. The van der Waals surface area contributed by atoms with Crippen molar-refractivity contribution in [3.8, 4) is 0 Å². The van der Waals surface area contributed by atoms with Gasteiger partial charge in [-0.1, -0.05) is 6.58 Å². The zero-order valence-electron chi connectivity index (χ0n) is 15.8. The van der Waals surface area contributed by atoms with Gasteiger partial charge in [0.15, 0.2) is 0 Å². The van der Waals surface area contributed by atoms with Crippen LogP contribution < -0.4 is 5.32 Å². The topological polar surface area (TPSA) is 106 Å². The number of azo groups is 1. The van der Waals surface area contributed by atoms with Crippen molar-refractivity contribution < 1.29 is 14.5 Å². The molecule has 146 valence electrons. The molecule has 0 aromatic heterocycles. The van der Waals surface area contributed by atoms with E-state index in [1.165, 1.54) is 12.1 Å². The summed E-state index contributed by atoms with van der Waals surface area (Å²) in [6.45, 7) is 7.47. The average Bonchev–Trinajstić information content (AvgIpc) is 2.67. The molecule has 2 rings (SSSR count). The lowest BCUT2D eigenvalue weighted by Crippen LogP contribution is -2.18. The van der Waals surface area contributed by atoms with Crippen molar-refractivity contribution >= 4 is 28.7 Å². The predicted molar refractivity (Wildman–Crippen MR) is 107 cm³/mol. The van der Waals surface area contributed by atoms with Crippen LogP contribution in [0.1, 0.15) is 20.3 Å². The Balaban J connectivity index is 1.84. The molecule has 0 bridgehead atoms. The zero-order chi connectivity index (χ0) is 20.5. The highest BCUT2D eigenvalue weighted by Crippen LogP contribution is 2.22. The van der Waals surface area contributed by atoms with E-state index in [4.69, 9.17) is 4.74 Å². The van der Waals surface area contributed by atoms with Crippen molar-refractivity contribution in [2.24, 2.45) is 10.2 Å². The third-order valence-corrected chi connectivity index (χ3v) is 3.75. The molecule has 8 heteroatoms. The second-order valence-corrected chi connectivity index (χ2v) is 6.27. The van der Waals surface area contributed by atoms with Gasteiger partial charge in [0.25, 0.3) is 5.69 Å². The smallest absolute Gasteiger partial charge is 0.333 e. The Kier molecular flexibility index (Phi) is 7.38. The molecular formula is C20H22N4O4. The highest BCUT2D eigenvalue weighted by atomic mass is 16.6. The predicted octanol–water partition coefficient (Wildman–Crippen LogP) is 5.32. The van der Waals surface area contributed by atoms with Crippen LogP contribution in [-0.4, -0.2) is 23.5 Å². The lowest BCUT2D eigenvalue weighted by atomic mass is 10.2. The molecule has 1 atom stereocenters. The van der Waals surface area contributed by atoms with E-state index in [1.54, 1.807) is 19.1 Å². The van der Waals surface area contributed by atoms with Crippen molar-refractivity contribution in [2.75, 3.05) is 11.9 Å². The Morgan fingerprint density at radius 1 is 1.14 bits per heavy atom. The molecule has 0 radical (unpaired) electrons. The van der Waals surface area contributed by atoms with E-state index in [0.29, 0.717) is 30.0 Å². The van der Waals surface area contributed by atoms with E-state index < -0.39 is 4.92 Å². The second-order valence-electron chi connectivity index (χ2n) is 6.27. The molecule has 0 saturated carbocycles. The molecule has 2 aromatic rings. The molecule has 0 aliphatic rings. The lowest BCUT2D eigenvalue weighted by molar-refractivity contribution is -0.384. The van der Waals surface area contributed by atoms with Crippen LogP contribution in [0.3, 0.4) is 0 Å². The van der Waals surface area contributed by atoms with Gasteiger partial charge in [-0.3, -0.25) is 10.1 Å². The van der Waals surface area contributed by atoms with Crippen molar-refractivity contribution in [1.29, 1.82) is 0 Å². The van der Waals surface area contributed by atoms with Crippen LogP contribution in [0.4, 0.5) is 22.7 Å². The number of non-ortho nitro benzene ring substituents is 1. The Morgan fingerprint density at radius 2 is 1.68 bits per heavy atom. The van der Waals surface area contributed by atoms with Gasteiger partial charge in [-0.15, -0.1) is 0 Å². The molecule has 1 N–H and O–H groups in total. The number of hydrogen-bond donors (Lipinski definition) is 1. The standard InChI is InChI=1S/C20H22N4O4/c1-14(2)20(25)28-13-12-15(3)21-16-4-6-17(7-5-16)22-23-18-8-10-19(11-9-18)24(26)27/h4-11,15,21H,1,12-13H2,2-3H3. The summed E-state index contributed by atoms with van der Waals surface area (Å²) in [6.07, 6.45) is 0.667. The van der Waals surface area contributed by atoms with E-state index in [9.17, 15) is 14.9 Å². The van der Waals surface area contributed by atoms with E-state index in [0.717, 1.165) is 5.69 Å². The minimum Gasteiger partial charge on any atom is -0.462 e. The third-order valence-electron chi connectivity index (χ3n) is 3.75. The number of carbonyl (C=O) groups excluding carboxylic acids is 1. The second kappa shape index (κ2) is 9.96. The summed E-state index contributed by atoms with van der Waals surface area (Å²) in [7, 11) is 0. The number of nitrogens with one attached hydrogen (secondary N) is 1. The van der Waals surface area contributed by atoms with Gasteiger partial charge in [0.05, 0.1) is 22.9 Å². The molecule has 0 spiro atoms. The number of benzene rings is 2. The maximum absolute atomic E-state index is 11.3. The van der Waals surface area contributed by atoms with Crippen LogP contribution in [0.2, 0.25) is 0 Å². The molecule has 0 saturated heterocycles. The monoisotopic (exact) mass is 382 g/mol. The maximum Gasteiger partial charge on any atom is 0.333 e. The highest BCUT2D eigenvalue weighted by molar-refractivity contribution is 5.86. The van der Waals surface area contributed by atoms with Gasteiger partial charge < -0.3 is 10.1 Å². The summed E-state index contributed by atoms with van der Waals surface area (Å²) >= 11 is 0. The van der Waals surface area contributed by atoms with Gasteiger partial charge >= 0.3 is 5.97 Å². The molecule has 8 nitrogen and oxygen atoms in total. The first-order chi connectivity index (χ1) is 13.3. The number of nitrogens with zero attached hydrogens (tertiary/aromatic N) is 3. The van der Waals surface area contributed by atoms with Crippen LogP contribution in [0.25, 0.3) is 0 Å². The number of anilines is 1. The van der Waals surface area contributed by atoms with Gasteiger partial charge in [0.1, 0.15) is 0 Å². The van der Waals surface area contributed by atoms with Crippen LogP contribution in [0.15, 0.2) is 70.9 Å². The SMILES string of the molecule is C=C(C)C(=O)OCCC(C)Nc1ccc(N=Nc2ccc([N+](=O)[O-])cc2)cc1. The number of nitro groups is 1. The number of rotatable bonds is 9. The van der Waals surface area contributed by atoms with E-state index in [-0.39, 0.29) is 17.7 Å². The molecule has 0 aliphatic carbocycles. The van der Waals surface area contributed by atoms with Crippen molar-refractivity contribution in [1.82, 2.24) is 0 Å². The minimum absolute atomic E-state index is 0.0119. The molecule has 0 heterocycles. The molecule has 0 fully saturated rings. The minimum atomic E-state index is -0.460. The van der Waals surface area contributed by atoms with Crippen molar-refractivity contribution in [3.05, 3.63) is 70.8 Å². The fourth-order valence-electron chi connectivity index (χ4n) is 2.19. The van der Waals surface area contributed by atoms with E-state index in [2.05, 4.69) is 22.1 Å². The molecule has 0 aliphatic heterocycles. The number of nitro benzene ring substituents is 1.